The molecule has 2 amide bonds. The average Bonchev–Trinajstić information content (AvgIpc) is 3.02. The zero-order valence-electron chi connectivity index (χ0n) is 23.2. The van der Waals surface area contributed by atoms with Crippen molar-refractivity contribution in [3.8, 4) is 5.75 Å². The summed E-state index contributed by atoms with van der Waals surface area (Å²) in [6, 6.07) is 31.6. The molecule has 4 aromatic carbocycles. The number of nitrogens with one attached hydrogen (secondary N) is 2. The van der Waals surface area contributed by atoms with Crippen LogP contribution in [0.3, 0.4) is 0 Å². The van der Waals surface area contributed by atoms with Crippen LogP contribution in [-0.4, -0.2) is 50.4 Å². The summed E-state index contributed by atoms with van der Waals surface area (Å²) in [5, 5.41) is 7.17. The summed E-state index contributed by atoms with van der Waals surface area (Å²) >= 11 is 5.93. The summed E-state index contributed by atoms with van der Waals surface area (Å²) in [7, 11) is -3.98. The van der Waals surface area contributed by atoms with Crippen LogP contribution in [0.1, 0.15) is 16.7 Å². The van der Waals surface area contributed by atoms with Gasteiger partial charge in [-0.1, -0.05) is 72.3 Å². The van der Waals surface area contributed by atoms with E-state index in [0.29, 0.717) is 29.3 Å². The first-order valence-corrected chi connectivity index (χ1v) is 15.3. The summed E-state index contributed by atoms with van der Waals surface area (Å²) in [6.07, 6.45) is 1.85. The van der Waals surface area contributed by atoms with Gasteiger partial charge < -0.3 is 10.1 Å². The Morgan fingerprint density at radius 3 is 2.09 bits per heavy atom. The number of amides is 2. The van der Waals surface area contributed by atoms with Gasteiger partial charge in [0.15, 0.2) is 6.61 Å². The van der Waals surface area contributed by atoms with Gasteiger partial charge in [-0.2, -0.15) is 9.41 Å². The van der Waals surface area contributed by atoms with E-state index in [9.17, 15) is 18.0 Å². The molecule has 4 aromatic rings. The van der Waals surface area contributed by atoms with Crippen LogP contribution >= 0.6 is 11.6 Å². The SMILES string of the molecule is O=C(COc1ccc(/C=N/NC(=O)CN(CCc2ccccc2)S(=O)(=O)c2ccc(Cl)cc2)cc1)NCc1ccccc1. The maximum atomic E-state index is 13.4. The highest BCUT2D eigenvalue weighted by Crippen LogP contribution is 2.19. The van der Waals surface area contributed by atoms with Gasteiger partial charge >= 0.3 is 0 Å². The summed E-state index contributed by atoms with van der Waals surface area (Å²) < 4.78 is 33.4. The lowest BCUT2D eigenvalue weighted by atomic mass is 10.1. The quantitative estimate of drug-likeness (QED) is 0.160. The fraction of sp³-hybridized carbons (Fsp3) is 0.156. The summed E-state index contributed by atoms with van der Waals surface area (Å²) in [6.45, 7) is -0.0376. The third-order valence-electron chi connectivity index (χ3n) is 6.25. The highest BCUT2D eigenvalue weighted by Gasteiger charge is 2.26. The number of ether oxygens (including phenoxy) is 1. The van der Waals surface area contributed by atoms with Gasteiger partial charge in [-0.05, 0) is 71.6 Å². The molecule has 0 aromatic heterocycles. The van der Waals surface area contributed by atoms with Crippen molar-refractivity contribution in [1.29, 1.82) is 0 Å². The Morgan fingerprint density at radius 1 is 0.814 bits per heavy atom. The third-order valence-corrected chi connectivity index (χ3v) is 8.36. The number of nitrogens with zero attached hydrogens (tertiary/aromatic N) is 2. The van der Waals surface area contributed by atoms with E-state index < -0.39 is 22.5 Å². The molecule has 0 unspecified atom stereocenters. The molecule has 11 heteroatoms. The number of benzene rings is 4. The van der Waals surface area contributed by atoms with E-state index >= 15 is 0 Å². The highest BCUT2D eigenvalue weighted by atomic mass is 35.5. The molecule has 0 bridgehead atoms. The Bertz CT molecular complexity index is 1620. The fourth-order valence-electron chi connectivity index (χ4n) is 3.96. The number of carbonyl (C=O) groups is 2. The normalized spacial score (nSPS) is 11.4. The molecule has 0 fully saturated rings. The number of hydrazone groups is 1. The second-order valence-electron chi connectivity index (χ2n) is 9.44. The van der Waals surface area contributed by atoms with Crippen molar-refractivity contribution in [2.75, 3.05) is 19.7 Å². The van der Waals surface area contributed by atoms with Crippen LogP contribution in [0.25, 0.3) is 0 Å². The second kappa shape index (κ2) is 15.6. The minimum atomic E-state index is -3.98. The van der Waals surface area contributed by atoms with Gasteiger partial charge in [0.25, 0.3) is 11.8 Å². The number of halogens is 1. The Labute approximate surface area is 256 Å². The van der Waals surface area contributed by atoms with Crippen molar-refractivity contribution in [2.45, 2.75) is 17.9 Å². The molecule has 4 rings (SSSR count). The van der Waals surface area contributed by atoms with Crippen molar-refractivity contribution < 1.29 is 22.7 Å². The lowest BCUT2D eigenvalue weighted by Gasteiger charge is -2.21. The van der Waals surface area contributed by atoms with Gasteiger partial charge in [0.05, 0.1) is 17.7 Å². The molecule has 0 atom stereocenters. The molecule has 9 nitrogen and oxygen atoms in total. The van der Waals surface area contributed by atoms with Gasteiger partial charge in [-0.3, -0.25) is 9.59 Å². The number of sulfonamides is 1. The molecule has 0 radical (unpaired) electrons. The van der Waals surface area contributed by atoms with Gasteiger partial charge in [0.1, 0.15) is 5.75 Å². The van der Waals surface area contributed by atoms with E-state index in [1.54, 1.807) is 24.3 Å². The van der Waals surface area contributed by atoms with Crippen LogP contribution < -0.4 is 15.5 Å². The molecule has 2 N–H and O–H groups in total. The van der Waals surface area contributed by atoms with Crippen LogP contribution in [0.15, 0.2) is 119 Å². The first kappa shape index (κ1) is 31.4. The summed E-state index contributed by atoms with van der Waals surface area (Å²) in [5.74, 6) is -0.339. The van der Waals surface area contributed by atoms with E-state index in [2.05, 4.69) is 15.8 Å². The minimum Gasteiger partial charge on any atom is -0.484 e. The predicted molar refractivity (Wildman–Crippen MR) is 166 cm³/mol. The maximum absolute atomic E-state index is 13.4. The van der Waals surface area contributed by atoms with Gasteiger partial charge in [0, 0.05) is 18.1 Å². The van der Waals surface area contributed by atoms with Gasteiger partial charge in [-0.25, -0.2) is 13.8 Å². The highest BCUT2D eigenvalue weighted by molar-refractivity contribution is 7.89. The van der Waals surface area contributed by atoms with E-state index in [-0.39, 0.29) is 24.0 Å². The molecule has 0 saturated carbocycles. The molecule has 0 aliphatic rings. The summed E-state index contributed by atoms with van der Waals surface area (Å²) in [5.41, 5.74) is 4.99. The maximum Gasteiger partial charge on any atom is 0.258 e. The summed E-state index contributed by atoms with van der Waals surface area (Å²) in [4.78, 5) is 24.8. The van der Waals surface area contributed by atoms with Crippen LogP contribution in [0, 0.1) is 0 Å². The minimum absolute atomic E-state index is 0.0391. The van der Waals surface area contributed by atoms with Gasteiger partial charge in [-0.15, -0.1) is 0 Å². The van der Waals surface area contributed by atoms with Crippen LogP contribution in [0.2, 0.25) is 5.02 Å². The monoisotopic (exact) mass is 618 g/mol. The van der Waals surface area contributed by atoms with E-state index in [4.69, 9.17) is 16.3 Å². The Morgan fingerprint density at radius 2 is 1.44 bits per heavy atom. The van der Waals surface area contributed by atoms with E-state index in [0.717, 1.165) is 15.4 Å². The molecule has 0 spiro atoms. The molecule has 0 aliphatic carbocycles. The van der Waals surface area contributed by atoms with Gasteiger partial charge in [0.2, 0.25) is 10.0 Å². The smallest absolute Gasteiger partial charge is 0.258 e. The Balaban J connectivity index is 1.29. The second-order valence-corrected chi connectivity index (χ2v) is 11.8. The average molecular weight is 619 g/mol. The van der Waals surface area contributed by atoms with Crippen molar-refractivity contribution >= 4 is 39.7 Å². The zero-order valence-corrected chi connectivity index (χ0v) is 24.8. The lowest BCUT2D eigenvalue weighted by Crippen LogP contribution is -2.40. The van der Waals surface area contributed by atoms with Crippen molar-refractivity contribution in [1.82, 2.24) is 15.0 Å². The first-order valence-electron chi connectivity index (χ1n) is 13.4. The van der Waals surface area contributed by atoms with E-state index in [1.807, 2.05) is 60.7 Å². The molecule has 0 aliphatic heterocycles. The number of rotatable bonds is 14. The topological polar surface area (TPSA) is 117 Å². The van der Waals surface area contributed by atoms with Crippen molar-refractivity contribution in [2.24, 2.45) is 5.10 Å². The zero-order chi connectivity index (χ0) is 30.5. The molecular formula is C32H31ClN4O5S. The fourth-order valence-corrected chi connectivity index (χ4v) is 5.48. The molecule has 43 heavy (non-hydrogen) atoms. The van der Waals surface area contributed by atoms with Crippen molar-refractivity contribution in [3.05, 3.63) is 131 Å². The Kier molecular flexibility index (Phi) is 11.4. The number of hydrogen-bond donors (Lipinski definition) is 2. The largest absolute Gasteiger partial charge is 0.484 e. The predicted octanol–water partition coefficient (Wildman–Crippen LogP) is 4.42. The standard InChI is InChI=1S/C32H31ClN4O5S/c33-28-13-17-30(18-14-28)43(40,41)37(20-19-25-7-3-1-4-8-25)23-31(38)36-35-22-27-11-15-29(16-12-27)42-24-32(39)34-21-26-9-5-2-6-10-26/h1-18,22H,19-21,23-24H2,(H,34,39)(H,36,38)/b35-22+. The van der Waals surface area contributed by atoms with Crippen LogP contribution in [-0.2, 0) is 32.6 Å². The van der Waals surface area contributed by atoms with Crippen LogP contribution in [0.4, 0.5) is 0 Å². The molecule has 0 saturated heterocycles. The van der Waals surface area contributed by atoms with Crippen molar-refractivity contribution in [3.63, 3.8) is 0 Å². The number of hydrogen-bond acceptors (Lipinski definition) is 6. The Hall–Kier alpha value is -4.51. The van der Waals surface area contributed by atoms with Crippen LogP contribution in [0.5, 0.6) is 5.75 Å². The molecule has 222 valence electrons. The molecular weight excluding hydrogens is 588 g/mol. The lowest BCUT2D eigenvalue weighted by molar-refractivity contribution is -0.123. The number of carbonyl (C=O) groups excluding carboxylic acids is 2. The first-order chi connectivity index (χ1) is 20.8. The molecule has 0 heterocycles. The third kappa shape index (κ3) is 10.1. The van der Waals surface area contributed by atoms with E-state index in [1.165, 1.54) is 30.5 Å².